The number of benzene rings is 2. The number of ether oxygens (including phenoxy) is 3. The van der Waals surface area contributed by atoms with Gasteiger partial charge in [-0.1, -0.05) is 24.3 Å². The summed E-state index contributed by atoms with van der Waals surface area (Å²) in [5.41, 5.74) is 3.37. The van der Waals surface area contributed by atoms with Gasteiger partial charge in [0.15, 0.2) is 0 Å². The number of aliphatic hydroxyl groups is 1. The molecule has 2 aliphatic rings. The largest absolute Gasteiger partial charge is 0.497 e. The fraction of sp³-hybridized carbons (Fsp3) is 0.394. The van der Waals surface area contributed by atoms with Crippen LogP contribution in [-0.4, -0.2) is 52.1 Å². The van der Waals surface area contributed by atoms with Crippen LogP contribution in [0.4, 0.5) is 0 Å². The van der Waals surface area contributed by atoms with Crippen LogP contribution in [0.15, 0.2) is 73.1 Å². The van der Waals surface area contributed by atoms with E-state index in [1.165, 1.54) is 0 Å². The third-order valence-corrected chi connectivity index (χ3v) is 8.12. The van der Waals surface area contributed by atoms with E-state index < -0.39 is 5.60 Å². The van der Waals surface area contributed by atoms with E-state index in [1.807, 2.05) is 42.5 Å². The first kappa shape index (κ1) is 27.1. The molecular weight excluding hydrogens is 518 g/mol. The fourth-order valence-electron chi connectivity index (χ4n) is 6.08. The highest BCUT2D eigenvalue weighted by molar-refractivity contribution is 5.81. The highest BCUT2D eigenvalue weighted by Gasteiger charge is 2.54. The zero-order valence-corrected chi connectivity index (χ0v) is 23.8. The Labute approximate surface area is 240 Å². The molecule has 0 aliphatic heterocycles. The number of hydrogen-bond acceptors (Lipinski definition) is 6. The van der Waals surface area contributed by atoms with Gasteiger partial charge in [-0.2, -0.15) is 5.10 Å². The smallest absolute Gasteiger partial charge is 0.224 e. The molecule has 1 amide bonds. The molecule has 0 atom stereocenters. The van der Waals surface area contributed by atoms with Gasteiger partial charge in [-0.3, -0.25) is 4.79 Å². The first-order valence-electron chi connectivity index (χ1n) is 14.2. The van der Waals surface area contributed by atoms with Crippen LogP contribution in [0.1, 0.15) is 45.1 Å². The summed E-state index contributed by atoms with van der Waals surface area (Å²) in [6.45, 7) is 3.58. The summed E-state index contributed by atoms with van der Waals surface area (Å²) in [6.07, 6.45) is 8.08. The second-order valence-corrected chi connectivity index (χ2v) is 12.2. The van der Waals surface area contributed by atoms with Crippen molar-refractivity contribution >= 4 is 11.4 Å². The molecule has 2 N–H and O–H groups in total. The van der Waals surface area contributed by atoms with Gasteiger partial charge in [-0.25, -0.2) is 4.52 Å². The zero-order chi connectivity index (χ0) is 28.6. The average Bonchev–Trinajstić information content (AvgIpc) is 3.31. The Hall–Kier alpha value is -4.04. The molecule has 2 aliphatic carbocycles. The van der Waals surface area contributed by atoms with Crippen LogP contribution in [0.25, 0.3) is 16.6 Å². The summed E-state index contributed by atoms with van der Waals surface area (Å²) in [7, 11) is 1.68. The maximum atomic E-state index is 12.8. The highest BCUT2D eigenvalue weighted by atomic mass is 16.5. The Morgan fingerprint density at radius 1 is 1.02 bits per heavy atom. The van der Waals surface area contributed by atoms with Gasteiger partial charge in [-0.05, 0) is 92.5 Å². The maximum absolute atomic E-state index is 12.8. The number of amides is 1. The van der Waals surface area contributed by atoms with E-state index in [2.05, 4.69) is 28.6 Å². The summed E-state index contributed by atoms with van der Waals surface area (Å²) in [5.74, 6) is 2.37. The van der Waals surface area contributed by atoms with Crippen molar-refractivity contribution in [2.24, 2.45) is 5.41 Å². The van der Waals surface area contributed by atoms with Gasteiger partial charge in [0.05, 0.1) is 43.1 Å². The van der Waals surface area contributed by atoms with E-state index in [0.29, 0.717) is 11.2 Å². The second kappa shape index (κ2) is 10.7. The molecule has 0 saturated heterocycles. The maximum Gasteiger partial charge on any atom is 0.224 e. The van der Waals surface area contributed by atoms with Crippen molar-refractivity contribution in [2.75, 3.05) is 13.7 Å². The summed E-state index contributed by atoms with van der Waals surface area (Å²) in [5, 5.41) is 17.5. The van der Waals surface area contributed by atoms with Crippen LogP contribution in [0.5, 0.6) is 17.2 Å². The molecule has 2 saturated carbocycles. The van der Waals surface area contributed by atoms with Crippen molar-refractivity contribution in [2.45, 2.75) is 63.7 Å². The van der Waals surface area contributed by atoms with Crippen LogP contribution in [0.3, 0.4) is 0 Å². The van der Waals surface area contributed by atoms with Gasteiger partial charge < -0.3 is 24.6 Å². The van der Waals surface area contributed by atoms with Crippen molar-refractivity contribution in [1.82, 2.24) is 14.9 Å². The Balaban J connectivity index is 0.944. The number of nitrogens with zero attached hydrogens (tertiary/aromatic N) is 2. The van der Waals surface area contributed by atoms with E-state index in [1.54, 1.807) is 37.9 Å². The quantitative estimate of drug-likeness (QED) is 0.279. The molecule has 0 radical (unpaired) electrons. The number of methoxy groups -OCH3 is 1. The predicted molar refractivity (Wildman–Crippen MR) is 156 cm³/mol. The molecule has 6 rings (SSSR count). The molecule has 1 spiro atoms. The minimum Gasteiger partial charge on any atom is -0.497 e. The SMILES string of the molecule is COc1cccc(-c2ccc(OC3CC4(CC(NC(=O)Cc5cnn6cc(OCC(C)(C)O)ccc56)C4)C3)cc2)c1. The van der Waals surface area contributed by atoms with Crippen LogP contribution < -0.4 is 19.5 Å². The number of pyridine rings is 1. The van der Waals surface area contributed by atoms with E-state index in [-0.39, 0.29) is 31.1 Å². The number of nitrogens with one attached hydrogen (secondary N) is 1. The zero-order valence-electron chi connectivity index (χ0n) is 23.8. The number of fused-ring (bicyclic) bond motifs is 1. The van der Waals surface area contributed by atoms with Crippen LogP contribution >= 0.6 is 0 Å². The third-order valence-electron chi connectivity index (χ3n) is 8.12. The van der Waals surface area contributed by atoms with E-state index in [4.69, 9.17) is 14.2 Å². The Morgan fingerprint density at radius 2 is 1.78 bits per heavy atom. The third kappa shape index (κ3) is 6.17. The number of carbonyl (C=O) groups is 1. The topological polar surface area (TPSA) is 94.3 Å². The van der Waals surface area contributed by atoms with E-state index in [9.17, 15) is 9.90 Å². The lowest BCUT2D eigenvalue weighted by Crippen LogP contribution is -2.58. The first-order valence-corrected chi connectivity index (χ1v) is 14.2. The lowest BCUT2D eigenvalue weighted by atomic mass is 9.53. The molecule has 2 fully saturated rings. The molecule has 8 heteroatoms. The van der Waals surface area contributed by atoms with Gasteiger partial charge in [-0.15, -0.1) is 0 Å². The summed E-state index contributed by atoms with van der Waals surface area (Å²) in [6, 6.07) is 20.2. The van der Waals surface area contributed by atoms with E-state index >= 15 is 0 Å². The van der Waals surface area contributed by atoms with Crippen LogP contribution in [0, 0.1) is 5.41 Å². The van der Waals surface area contributed by atoms with Gasteiger partial charge in [0.2, 0.25) is 5.91 Å². The minimum atomic E-state index is -0.916. The minimum absolute atomic E-state index is 0.0188. The fourth-order valence-corrected chi connectivity index (χ4v) is 6.08. The molecule has 0 unspecified atom stereocenters. The van der Waals surface area contributed by atoms with Gasteiger partial charge >= 0.3 is 0 Å². The van der Waals surface area contributed by atoms with Crippen LogP contribution in [-0.2, 0) is 11.2 Å². The number of aromatic nitrogens is 2. The standard InChI is InChI=1S/C33H37N3O5/c1-32(2,38)21-40-28-11-12-30-24(19-34-36(30)20-28)14-31(37)35-25-15-33(16-25)17-29(18-33)41-26-9-7-22(8-10-26)23-5-4-6-27(13-23)39-3/h4-13,19-20,25,29,38H,14-18,21H2,1-3H3,(H,35,37). The van der Waals surface area contributed by atoms with Gasteiger partial charge in [0, 0.05) is 11.6 Å². The number of rotatable bonds is 10. The Kier molecular flexibility index (Phi) is 7.11. The molecule has 2 aromatic carbocycles. The normalized spacial score (nSPS) is 21.7. The van der Waals surface area contributed by atoms with Crippen molar-refractivity contribution in [1.29, 1.82) is 0 Å². The molecule has 4 aromatic rings. The number of hydrogen-bond donors (Lipinski definition) is 2. The molecule has 0 bridgehead atoms. The first-order chi connectivity index (χ1) is 19.7. The van der Waals surface area contributed by atoms with Crippen LogP contribution in [0.2, 0.25) is 0 Å². The summed E-state index contributed by atoms with van der Waals surface area (Å²) >= 11 is 0. The van der Waals surface area contributed by atoms with Gasteiger partial charge in [0.25, 0.3) is 0 Å². The molecule has 41 heavy (non-hydrogen) atoms. The van der Waals surface area contributed by atoms with Crippen molar-refractivity contribution in [3.63, 3.8) is 0 Å². The van der Waals surface area contributed by atoms with Crippen molar-refractivity contribution in [3.05, 3.63) is 78.6 Å². The lowest BCUT2D eigenvalue weighted by Gasteiger charge is -2.57. The molecule has 214 valence electrons. The summed E-state index contributed by atoms with van der Waals surface area (Å²) in [4.78, 5) is 12.8. The van der Waals surface area contributed by atoms with E-state index in [0.717, 1.165) is 59.4 Å². The number of carbonyl (C=O) groups excluding carboxylic acids is 1. The average molecular weight is 556 g/mol. The monoisotopic (exact) mass is 555 g/mol. The molecular formula is C33H37N3O5. The molecule has 2 heterocycles. The van der Waals surface area contributed by atoms with Crippen molar-refractivity contribution in [3.8, 4) is 28.4 Å². The molecule has 2 aromatic heterocycles. The summed E-state index contributed by atoms with van der Waals surface area (Å²) < 4.78 is 18.9. The Morgan fingerprint density at radius 3 is 2.51 bits per heavy atom. The molecule has 8 nitrogen and oxygen atoms in total. The van der Waals surface area contributed by atoms with Crippen molar-refractivity contribution < 1.29 is 24.1 Å². The second-order valence-electron chi connectivity index (χ2n) is 12.2. The Bertz CT molecular complexity index is 1520. The van der Waals surface area contributed by atoms with Gasteiger partial charge in [0.1, 0.15) is 23.9 Å². The highest BCUT2D eigenvalue weighted by Crippen LogP contribution is 2.56. The predicted octanol–water partition coefficient (Wildman–Crippen LogP) is 5.21. The lowest BCUT2D eigenvalue weighted by molar-refractivity contribution is -0.126.